The van der Waals surface area contributed by atoms with Crippen molar-refractivity contribution >= 4 is 11.8 Å². The first-order valence-electron chi connectivity index (χ1n) is 7.52. The van der Waals surface area contributed by atoms with E-state index >= 15 is 0 Å². The summed E-state index contributed by atoms with van der Waals surface area (Å²) in [6, 6.07) is 10.4. The first-order chi connectivity index (χ1) is 11.3. The van der Waals surface area contributed by atoms with Crippen LogP contribution in [0.25, 0.3) is 22.5 Å². The smallest absolute Gasteiger partial charge is 0.123 e. The van der Waals surface area contributed by atoms with Crippen LogP contribution in [0.3, 0.4) is 0 Å². The van der Waals surface area contributed by atoms with Crippen molar-refractivity contribution in [2.75, 3.05) is 12.0 Å². The Labute approximate surface area is 139 Å². The summed E-state index contributed by atoms with van der Waals surface area (Å²) in [6.45, 7) is 0. The summed E-state index contributed by atoms with van der Waals surface area (Å²) in [7, 11) is 0. The van der Waals surface area contributed by atoms with Crippen molar-refractivity contribution in [1.82, 2.24) is 15.0 Å². The highest BCUT2D eigenvalue weighted by Gasteiger charge is 2.14. The van der Waals surface area contributed by atoms with Crippen LogP contribution in [0.5, 0.6) is 0 Å². The van der Waals surface area contributed by atoms with Gasteiger partial charge >= 0.3 is 0 Å². The Balaban J connectivity index is 2.00. The summed E-state index contributed by atoms with van der Waals surface area (Å²) in [6.07, 6.45) is 7.61. The largest absolute Gasteiger partial charge is 0.341 e. The van der Waals surface area contributed by atoms with Gasteiger partial charge in [0.05, 0.1) is 11.4 Å². The van der Waals surface area contributed by atoms with E-state index in [9.17, 15) is 4.39 Å². The fourth-order valence-corrected chi connectivity index (χ4v) is 2.90. The number of rotatable bonds is 6. The number of nitrogens with zero attached hydrogens (tertiary/aromatic N) is 2. The Bertz CT molecular complexity index is 754. The molecule has 0 atom stereocenters. The zero-order valence-electron chi connectivity index (χ0n) is 12.9. The molecule has 2 aromatic heterocycles. The number of imidazole rings is 1. The fourth-order valence-electron chi connectivity index (χ4n) is 2.47. The average molecular weight is 327 g/mol. The van der Waals surface area contributed by atoms with Crippen LogP contribution in [0.4, 0.5) is 4.39 Å². The Morgan fingerprint density at radius 1 is 1.04 bits per heavy atom. The van der Waals surface area contributed by atoms with Crippen molar-refractivity contribution < 1.29 is 4.39 Å². The van der Waals surface area contributed by atoms with E-state index in [4.69, 9.17) is 4.98 Å². The van der Waals surface area contributed by atoms with Gasteiger partial charge in [0.2, 0.25) is 0 Å². The number of aromatic amines is 1. The second-order valence-electron chi connectivity index (χ2n) is 5.25. The summed E-state index contributed by atoms with van der Waals surface area (Å²) in [4.78, 5) is 12.2. The monoisotopic (exact) mass is 327 g/mol. The maximum atomic E-state index is 13.2. The number of halogens is 1. The minimum Gasteiger partial charge on any atom is -0.341 e. The van der Waals surface area contributed by atoms with Crippen molar-refractivity contribution in [3.8, 4) is 22.5 Å². The van der Waals surface area contributed by atoms with Crippen molar-refractivity contribution in [3.63, 3.8) is 0 Å². The van der Waals surface area contributed by atoms with Crippen molar-refractivity contribution in [3.05, 3.63) is 60.4 Å². The second-order valence-corrected chi connectivity index (χ2v) is 6.23. The van der Waals surface area contributed by atoms with Crippen LogP contribution in [0.2, 0.25) is 0 Å². The van der Waals surface area contributed by atoms with Gasteiger partial charge in [0.1, 0.15) is 11.6 Å². The van der Waals surface area contributed by atoms with E-state index in [0.29, 0.717) is 0 Å². The van der Waals surface area contributed by atoms with E-state index in [1.807, 2.05) is 23.9 Å². The van der Waals surface area contributed by atoms with Gasteiger partial charge in [0.15, 0.2) is 0 Å². The molecule has 0 aliphatic heterocycles. The SMILES string of the molecule is CSCCCc1nc(-c2ccc(F)cc2)c(-c2ccncc2)[nH]1. The number of aryl methyl sites for hydroxylation is 1. The molecule has 0 amide bonds. The van der Waals surface area contributed by atoms with Crippen LogP contribution in [-0.4, -0.2) is 27.0 Å². The van der Waals surface area contributed by atoms with E-state index < -0.39 is 0 Å². The lowest BCUT2D eigenvalue weighted by atomic mass is 10.1. The van der Waals surface area contributed by atoms with Gasteiger partial charge in [-0.15, -0.1) is 0 Å². The van der Waals surface area contributed by atoms with E-state index in [1.165, 1.54) is 12.1 Å². The Kier molecular flexibility index (Phi) is 5.08. The Morgan fingerprint density at radius 3 is 2.48 bits per heavy atom. The molecule has 1 aromatic carbocycles. The standard InChI is InChI=1S/C18H18FN3S/c1-23-12-2-3-16-21-17(13-4-6-15(19)7-5-13)18(22-16)14-8-10-20-11-9-14/h4-11H,2-3,12H2,1H3,(H,21,22). The summed E-state index contributed by atoms with van der Waals surface area (Å²) in [5.41, 5.74) is 3.75. The molecule has 3 nitrogen and oxygen atoms in total. The topological polar surface area (TPSA) is 41.6 Å². The van der Waals surface area contributed by atoms with Crippen molar-refractivity contribution in [2.24, 2.45) is 0 Å². The third kappa shape index (κ3) is 3.79. The van der Waals surface area contributed by atoms with Crippen LogP contribution in [0, 0.1) is 5.82 Å². The second kappa shape index (κ2) is 7.42. The highest BCUT2D eigenvalue weighted by Crippen LogP contribution is 2.30. The van der Waals surface area contributed by atoms with Gasteiger partial charge in [-0.1, -0.05) is 0 Å². The van der Waals surface area contributed by atoms with E-state index in [-0.39, 0.29) is 5.82 Å². The van der Waals surface area contributed by atoms with Gasteiger partial charge in [-0.3, -0.25) is 4.98 Å². The molecular weight excluding hydrogens is 309 g/mol. The predicted molar refractivity (Wildman–Crippen MR) is 93.9 cm³/mol. The Hall–Kier alpha value is -2.14. The molecule has 0 saturated heterocycles. The molecule has 3 rings (SSSR count). The zero-order valence-corrected chi connectivity index (χ0v) is 13.7. The lowest BCUT2D eigenvalue weighted by Crippen LogP contribution is -1.90. The molecule has 0 saturated carbocycles. The lowest BCUT2D eigenvalue weighted by molar-refractivity contribution is 0.628. The van der Waals surface area contributed by atoms with Gasteiger partial charge in [-0.25, -0.2) is 9.37 Å². The molecule has 0 fully saturated rings. The highest BCUT2D eigenvalue weighted by atomic mass is 32.2. The number of hydrogen-bond acceptors (Lipinski definition) is 3. The summed E-state index contributed by atoms with van der Waals surface area (Å²) >= 11 is 1.83. The molecule has 0 aliphatic carbocycles. The van der Waals surface area contributed by atoms with Gasteiger partial charge in [0, 0.05) is 29.9 Å². The Morgan fingerprint density at radius 2 is 1.78 bits per heavy atom. The summed E-state index contributed by atoms with van der Waals surface area (Å²) < 4.78 is 13.2. The minimum atomic E-state index is -0.241. The molecule has 23 heavy (non-hydrogen) atoms. The molecule has 0 radical (unpaired) electrons. The van der Waals surface area contributed by atoms with E-state index in [2.05, 4.69) is 16.2 Å². The van der Waals surface area contributed by atoms with Crippen LogP contribution in [-0.2, 0) is 6.42 Å². The number of nitrogens with one attached hydrogen (secondary N) is 1. The molecular formula is C18H18FN3S. The van der Waals surface area contributed by atoms with Crippen molar-refractivity contribution in [2.45, 2.75) is 12.8 Å². The summed E-state index contributed by atoms with van der Waals surface area (Å²) in [5.74, 6) is 1.83. The van der Waals surface area contributed by atoms with Gasteiger partial charge in [-0.2, -0.15) is 11.8 Å². The van der Waals surface area contributed by atoms with Crippen LogP contribution in [0.15, 0.2) is 48.8 Å². The molecule has 5 heteroatoms. The number of thioether (sulfide) groups is 1. The fraction of sp³-hybridized carbons (Fsp3) is 0.222. The normalized spacial score (nSPS) is 10.9. The molecule has 0 aliphatic rings. The first kappa shape index (κ1) is 15.7. The maximum Gasteiger partial charge on any atom is 0.123 e. The van der Waals surface area contributed by atoms with Gasteiger partial charge < -0.3 is 4.98 Å². The molecule has 1 N–H and O–H groups in total. The zero-order chi connectivity index (χ0) is 16.1. The quantitative estimate of drug-likeness (QED) is 0.674. The van der Waals surface area contributed by atoms with Gasteiger partial charge in [-0.05, 0) is 54.8 Å². The number of H-pyrrole nitrogens is 1. The number of aromatic nitrogens is 3. The first-order valence-corrected chi connectivity index (χ1v) is 8.91. The number of pyridine rings is 1. The molecule has 0 unspecified atom stereocenters. The highest BCUT2D eigenvalue weighted by molar-refractivity contribution is 7.98. The average Bonchev–Trinajstić information content (AvgIpc) is 3.01. The van der Waals surface area contributed by atoms with Gasteiger partial charge in [0.25, 0.3) is 0 Å². The number of hydrogen-bond donors (Lipinski definition) is 1. The van der Waals surface area contributed by atoms with Crippen LogP contribution in [0.1, 0.15) is 12.2 Å². The maximum absolute atomic E-state index is 13.2. The lowest BCUT2D eigenvalue weighted by Gasteiger charge is -2.02. The van der Waals surface area contributed by atoms with E-state index in [0.717, 1.165) is 46.9 Å². The molecule has 0 bridgehead atoms. The molecule has 2 heterocycles. The molecule has 0 spiro atoms. The third-order valence-electron chi connectivity index (χ3n) is 3.60. The summed E-state index contributed by atoms with van der Waals surface area (Å²) in [5, 5.41) is 0. The van der Waals surface area contributed by atoms with Crippen LogP contribution >= 0.6 is 11.8 Å². The van der Waals surface area contributed by atoms with Crippen molar-refractivity contribution in [1.29, 1.82) is 0 Å². The number of benzene rings is 1. The minimum absolute atomic E-state index is 0.241. The third-order valence-corrected chi connectivity index (χ3v) is 4.30. The predicted octanol–water partition coefficient (Wildman–Crippen LogP) is 4.57. The van der Waals surface area contributed by atoms with E-state index in [1.54, 1.807) is 24.5 Å². The molecule has 3 aromatic rings. The molecule has 118 valence electrons. The van der Waals surface area contributed by atoms with Crippen LogP contribution < -0.4 is 0 Å².